The predicted molar refractivity (Wildman–Crippen MR) is 143 cm³/mol. The van der Waals surface area contributed by atoms with Gasteiger partial charge in [-0.25, -0.2) is 9.55 Å². The molecule has 0 saturated carbocycles. The van der Waals surface area contributed by atoms with E-state index >= 15 is 0 Å². The highest BCUT2D eigenvalue weighted by Gasteiger charge is 2.49. The summed E-state index contributed by atoms with van der Waals surface area (Å²) >= 11 is 0. The van der Waals surface area contributed by atoms with Crippen LogP contribution in [-0.2, 0) is 12.5 Å². The summed E-state index contributed by atoms with van der Waals surface area (Å²) in [7, 11) is 1.70. The lowest BCUT2D eigenvalue weighted by Gasteiger charge is -2.39. The van der Waals surface area contributed by atoms with Crippen molar-refractivity contribution in [1.82, 2.24) is 4.98 Å². The Morgan fingerprint density at radius 1 is 0.971 bits per heavy atom. The third-order valence-corrected chi connectivity index (χ3v) is 6.97. The number of rotatable bonds is 3. The maximum atomic E-state index is 9.57. The van der Waals surface area contributed by atoms with Crippen molar-refractivity contribution in [2.75, 3.05) is 0 Å². The molecule has 0 radical (unpaired) electrons. The number of benzene rings is 2. The number of hydrogen-bond donors (Lipinski definition) is 0. The number of aromatic nitrogens is 2. The van der Waals surface area contributed by atoms with Gasteiger partial charge in [0.1, 0.15) is 7.05 Å². The minimum Gasteiger partial charge on any atom is -0.437 e. The first-order chi connectivity index (χ1) is 23.6. The van der Waals surface area contributed by atoms with Gasteiger partial charge in [0.2, 0.25) is 11.4 Å². The molecule has 3 aromatic heterocycles. The average molecular weight is 479 g/mol. The quantitative estimate of drug-likeness (QED) is 0.249. The van der Waals surface area contributed by atoms with E-state index in [-0.39, 0.29) is 33.4 Å². The average Bonchev–Trinajstić information content (AvgIpc) is 3.50. The standard InChI is InChI=1S/C32H33N2O/c1-18(2)32(19(3)4)26-11-9-8-10-22(26)24-17-25-23-13-12-21(6)28(27-16-20(5)14-15-34(27)7)29(23)35-31(25)33-30(24)32/h8-19H,1-7H3/q+1/i1D3,2D3,3D3,4D3,5D3,18D,19D. The zero-order valence-corrected chi connectivity index (χ0v) is 19.1. The first kappa shape index (κ1) is 10.3. The van der Waals surface area contributed by atoms with Crippen molar-refractivity contribution in [3.8, 4) is 22.4 Å². The highest BCUT2D eigenvalue weighted by Crippen LogP contribution is 2.56. The molecule has 35 heavy (non-hydrogen) atoms. The van der Waals surface area contributed by atoms with Gasteiger partial charge in [-0.2, -0.15) is 0 Å². The molecule has 0 saturated heterocycles. The molecule has 0 fully saturated rings. The number of hydrogen-bond acceptors (Lipinski definition) is 2. The van der Waals surface area contributed by atoms with Crippen molar-refractivity contribution in [2.24, 2.45) is 18.8 Å². The fraction of sp³-hybridized carbons (Fsp3) is 0.312. The lowest BCUT2D eigenvalue weighted by molar-refractivity contribution is -0.660. The molecule has 3 heteroatoms. The second kappa shape index (κ2) is 7.52. The van der Waals surface area contributed by atoms with Crippen LogP contribution in [0.4, 0.5) is 0 Å². The molecule has 0 spiro atoms. The zero-order chi connectivity index (χ0) is 39.0. The van der Waals surface area contributed by atoms with Crippen LogP contribution in [0.25, 0.3) is 44.5 Å². The Labute approximate surface area is 231 Å². The lowest BCUT2D eigenvalue weighted by atomic mass is 9.64. The highest BCUT2D eigenvalue weighted by atomic mass is 16.3. The molecule has 0 aliphatic heterocycles. The molecule has 0 atom stereocenters. The van der Waals surface area contributed by atoms with Gasteiger partial charge in [0.15, 0.2) is 11.8 Å². The molecule has 0 amide bonds. The molecule has 0 N–H and O–H groups in total. The van der Waals surface area contributed by atoms with Crippen LogP contribution in [0.1, 0.15) is 73.1 Å². The molecule has 5 aromatic rings. The fourth-order valence-corrected chi connectivity index (χ4v) is 5.29. The van der Waals surface area contributed by atoms with Gasteiger partial charge >= 0.3 is 0 Å². The maximum absolute atomic E-state index is 9.57. The van der Waals surface area contributed by atoms with E-state index in [2.05, 4.69) is 4.98 Å². The molecule has 6 rings (SSSR count). The summed E-state index contributed by atoms with van der Waals surface area (Å²) in [4.78, 5) is 4.59. The lowest BCUT2D eigenvalue weighted by Crippen LogP contribution is -2.38. The van der Waals surface area contributed by atoms with Crippen LogP contribution in [0.3, 0.4) is 0 Å². The van der Waals surface area contributed by atoms with Gasteiger partial charge in [0, 0.05) is 57.2 Å². The van der Waals surface area contributed by atoms with Gasteiger partial charge in [-0.1, -0.05) is 63.8 Å². The van der Waals surface area contributed by atoms with Crippen molar-refractivity contribution in [3.05, 3.63) is 83.2 Å². The summed E-state index contributed by atoms with van der Waals surface area (Å²) in [6.07, 6.45) is 1.57. The Morgan fingerprint density at radius 3 is 2.54 bits per heavy atom. The normalized spacial score (nSPS) is 23.9. The minimum atomic E-state index is -3.99. The van der Waals surface area contributed by atoms with E-state index in [4.69, 9.17) is 25.0 Å². The molecule has 2 aromatic carbocycles. The van der Waals surface area contributed by atoms with Crippen LogP contribution in [0, 0.1) is 25.6 Å². The topological polar surface area (TPSA) is 29.9 Å². The van der Waals surface area contributed by atoms with E-state index in [1.165, 1.54) is 36.4 Å². The number of fused-ring (bicyclic) bond motifs is 6. The van der Waals surface area contributed by atoms with Crippen LogP contribution in [0.15, 0.2) is 65.2 Å². The van der Waals surface area contributed by atoms with Gasteiger partial charge in [0.25, 0.3) is 0 Å². The van der Waals surface area contributed by atoms with Crippen molar-refractivity contribution < 1.29 is 32.3 Å². The predicted octanol–water partition coefficient (Wildman–Crippen LogP) is 7.67. The van der Waals surface area contributed by atoms with E-state index in [9.17, 15) is 2.74 Å². The zero-order valence-electron chi connectivity index (χ0n) is 36.1. The van der Waals surface area contributed by atoms with Gasteiger partial charge in [-0.15, -0.1) is 0 Å². The molecule has 3 nitrogen and oxygen atoms in total. The molecule has 3 heterocycles. The minimum absolute atomic E-state index is 0.000568. The molecule has 176 valence electrons. The first-order valence-electron chi connectivity index (χ1n) is 19.5. The Hall–Kier alpha value is -3.46. The van der Waals surface area contributed by atoms with Gasteiger partial charge < -0.3 is 4.42 Å². The summed E-state index contributed by atoms with van der Waals surface area (Å²) in [6.45, 7) is -16.4. The molecule has 0 bridgehead atoms. The Kier molecular flexibility index (Phi) is 2.20. The van der Waals surface area contributed by atoms with Crippen molar-refractivity contribution in [2.45, 2.75) is 46.6 Å². The first-order valence-corrected chi connectivity index (χ1v) is 11.0. The second-order valence-electron chi connectivity index (χ2n) is 8.93. The van der Waals surface area contributed by atoms with Gasteiger partial charge in [0.05, 0.1) is 11.3 Å². The van der Waals surface area contributed by atoms with Crippen LogP contribution >= 0.6 is 0 Å². The van der Waals surface area contributed by atoms with Gasteiger partial charge in [-0.3, -0.25) is 0 Å². The van der Waals surface area contributed by atoms with Gasteiger partial charge in [-0.05, 0) is 53.9 Å². The molecule has 0 unspecified atom stereocenters. The SMILES string of the molecule is [2H]C([2H])([2H])c1cc[n+](C)c(-c2c(C)ccc3c2oc2nc4c(cc23)-c2ccccc2C4(C([2H])(C([2H])([2H])[2H])C([2H])([2H])[2H])C([2H])(C([2H])([2H])[2H])C([2H])([2H])[2H])c1. The Bertz CT molecular complexity index is 2190. The van der Waals surface area contributed by atoms with Crippen molar-refractivity contribution in [3.63, 3.8) is 0 Å². The smallest absolute Gasteiger partial charge is 0.227 e. The maximum Gasteiger partial charge on any atom is 0.227 e. The van der Waals surface area contributed by atoms with Crippen molar-refractivity contribution >= 4 is 22.1 Å². The monoisotopic (exact) mass is 478 g/mol. The number of aryl methyl sites for hydroxylation is 3. The molecular formula is C32H33N2O+. The number of pyridine rings is 2. The number of nitrogens with zero attached hydrogens (tertiary/aromatic N) is 2. The third kappa shape index (κ3) is 2.84. The van der Waals surface area contributed by atoms with Crippen LogP contribution in [0.2, 0.25) is 0 Å². The fourth-order valence-electron chi connectivity index (χ4n) is 5.29. The Balaban J connectivity index is 1.86. The van der Waals surface area contributed by atoms with Crippen LogP contribution < -0.4 is 4.57 Å². The summed E-state index contributed by atoms with van der Waals surface area (Å²) < 4.78 is 153. The molecular weight excluding hydrogens is 428 g/mol. The largest absolute Gasteiger partial charge is 0.437 e. The molecule has 1 aliphatic carbocycles. The van der Waals surface area contributed by atoms with Crippen LogP contribution in [-0.4, -0.2) is 4.98 Å². The summed E-state index contributed by atoms with van der Waals surface area (Å²) in [5.74, 6) is -7.98. The van der Waals surface area contributed by atoms with E-state index in [1.54, 1.807) is 36.9 Å². The summed E-state index contributed by atoms with van der Waals surface area (Å²) in [6, 6.07) is 13.2. The molecule has 1 aliphatic rings. The van der Waals surface area contributed by atoms with Crippen molar-refractivity contribution in [1.29, 1.82) is 0 Å². The van der Waals surface area contributed by atoms with E-state index < -0.39 is 62.7 Å². The van der Waals surface area contributed by atoms with E-state index in [1.807, 2.05) is 0 Å². The van der Waals surface area contributed by atoms with Crippen LogP contribution in [0.5, 0.6) is 0 Å². The summed E-state index contributed by atoms with van der Waals surface area (Å²) in [5.41, 5.74) is -3.24. The van der Waals surface area contributed by atoms with E-state index in [0.29, 0.717) is 22.2 Å². The third-order valence-electron chi connectivity index (χ3n) is 6.97. The summed E-state index contributed by atoms with van der Waals surface area (Å²) in [5, 5.41) is 0.722. The number of furan rings is 1. The Morgan fingerprint density at radius 2 is 1.77 bits per heavy atom. The second-order valence-corrected chi connectivity index (χ2v) is 8.93. The highest BCUT2D eigenvalue weighted by molar-refractivity contribution is 6.10. The van der Waals surface area contributed by atoms with E-state index in [0.717, 1.165) is 6.07 Å².